The van der Waals surface area contributed by atoms with Gasteiger partial charge in [-0.2, -0.15) is 0 Å². The Morgan fingerprint density at radius 3 is 2.84 bits per heavy atom. The van der Waals surface area contributed by atoms with Crippen molar-refractivity contribution >= 4 is 0 Å². The number of rotatable bonds is 4. The maximum Gasteiger partial charge on any atom is 0.123 e. The molecule has 1 aliphatic rings. The summed E-state index contributed by atoms with van der Waals surface area (Å²) in [4.78, 5) is 0. The van der Waals surface area contributed by atoms with E-state index in [1.165, 1.54) is 31.7 Å². The van der Waals surface area contributed by atoms with Gasteiger partial charge in [0.25, 0.3) is 0 Å². The molecular weight excluding hydrogens is 241 g/mol. The maximum atomic E-state index is 13.5. The van der Waals surface area contributed by atoms with Gasteiger partial charge in [0.1, 0.15) is 11.6 Å². The highest BCUT2D eigenvalue weighted by Crippen LogP contribution is 2.40. The van der Waals surface area contributed by atoms with Crippen LogP contribution in [0.2, 0.25) is 0 Å². The molecule has 2 rings (SSSR count). The van der Waals surface area contributed by atoms with E-state index in [4.69, 9.17) is 10.5 Å². The van der Waals surface area contributed by atoms with Crippen LogP contribution in [0.3, 0.4) is 0 Å². The third-order valence-corrected chi connectivity index (χ3v) is 4.39. The molecule has 0 aromatic heterocycles. The van der Waals surface area contributed by atoms with Crippen LogP contribution in [0.4, 0.5) is 4.39 Å². The number of nitrogens with two attached hydrogens (primary N) is 1. The molecule has 1 aromatic carbocycles. The van der Waals surface area contributed by atoms with Crippen molar-refractivity contribution in [2.75, 3.05) is 13.7 Å². The lowest BCUT2D eigenvalue weighted by Crippen LogP contribution is -2.26. The minimum Gasteiger partial charge on any atom is -0.496 e. The van der Waals surface area contributed by atoms with E-state index in [-0.39, 0.29) is 11.7 Å². The van der Waals surface area contributed by atoms with Crippen molar-refractivity contribution in [3.05, 3.63) is 29.6 Å². The fraction of sp³-hybridized carbons (Fsp3) is 0.625. The molecule has 0 saturated heterocycles. The van der Waals surface area contributed by atoms with Crippen LogP contribution in [-0.2, 0) is 0 Å². The summed E-state index contributed by atoms with van der Waals surface area (Å²) in [5.74, 6) is 2.04. The third kappa shape index (κ3) is 3.27. The van der Waals surface area contributed by atoms with Gasteiger partial charge in [0.15, 0.2) is 0 Å². The van der Waals surface area contributed by atoms with Gasteiger partial charge in [0.05, 0.1) is 7.11 Å². The predicted octanol–water partition coefficient (Wildman–Crippen LogP) is 3.70. The Morgan fingerprint density at radius 1 is 1.42 bits per heavy atom. The van der Waals surface area contributed by atoms with Crippen LogP contribution >= 0.6 is 0 Å². The second kappa shape index (κ2) is 6.38. The molecule has 19 heavy (non-hydrogen) atoms. The first-order valence-corrected chi connectivity index (χ1v) is 7.19. The maximum absolute atomic E-state index is 13.5. The highest BCUT2D eigenvalue weighted by Gasteiger charge is 2.29. The lowest BCUT2D eigenvalue weighted by atomic mass is 9.73. The first kappa shape index (κ1) is 14.3. The molecule has 0 bridgehead atoms. The Bertz CT molecular complexity index is 421. The van der Waals surface area contributed by atoms with Gasteiger partial charge in [-0.15, -0.1) is 0 Å². The summed E-state index contributed by atoms with van der Waals surface area (Å²) in [6, 6.07) is 4.74. The summed E-state index contributed by atoms with van der Waals surface area (Å²) in [5, 5.41) is 0. The zero-order chi connectivity index (χ0) is 13.8. The summed E-state index contributed by atoms with van der Waals surface area (Å²) >= 11 is 0. The topological polar surface area (TPSA) is 35.2 Å². The second-order valence-electron chi connectivity index (χ2n) is 5.76. The van der Waals surface area contributed by atoms with Gasteiger partial charge in [-0.3, -0.25) is 0 Å². The number of methoxy groups -OCH3 is 1. The van der Waals surface area contributed by atoms with E-state index in [1.807, 2.05) is 0 Å². The van der Waals surface area contributed by atoms with E-state index in [1.54, 1.807) is 19.2 Å². The van der Waals surface area contributed by atoms with Crippen molar-refractivity contribution in [3.63, 3.8) is 0 Å². The second-order valence-corrected chi connectivity index (χ2v) is 5.76. The van der Waals surface area contributed by atoms with E-state index in [0.717, 1.165) is 17.2 Å². The zero-order valence-corrected chi connectivity index (χ0v) is 11.9. The van der Waals surface area contributed by atoms with Crippen LogP contribution < -0.4 is 10.5 Å². The Hall–Kier alpha value is -1.09. The highest BCUT2D eigenvalue weighted by molar-refractivity contribution is 5.37. The standard InChI is InChI=1S/C16H24FNO/c1-11-4-3-5-12(8-11)15(10-18)14-9-13(17)6-7-16(14)19-2/h6-7,9,11-12,15H,3-5,8,10,18H2,1-2H3. The quantitative estimate of drug-likeness (QED) is 0.901. The van der Waals surface area contributed by atoms with Crippen molar-refractivity contribution in [1.29, 1.82) is 0 Å². The molecule has 0 heterocycles. The molecule has 1 saturated carbocycles. The molecule has 0 radical (unpaired) electrons. The van der Waals surface area contributed by atoms with Crippen LogP contribution in [0.15, 0.2) is 18.2 Å². The van der Waals surface area contributed by atoms with E-state index in [2.05, 4.69) is 6.92 Å². The normalized spacial score (nSPS) is 25.1. The Kier molecular flexibility index (Phi) is 4.81. The smallest absolute Gasteiger partial charge is 0.123 e. The molecule has 1 aliphatic carbocycles. The van der Waals surface area contributed by atoms with Gasteiger partial charge in [-0.25, -0.2) is 4.39 Å². The van der Waals surface area contributed by atoms with Crippen molar-refractivity contribution in [1.82, 2.24) is 0 Å². The minimum atomic E-state index is -0.210. The van der Waals surface area contributed by atoms with E-state index < -0.39 is 0 Å². The monoisotopic (exact) mass is 265 g/mol. The Labute approximate surface area is 115 Å². The lowest BCUT2D eigenvalue weighted by molar-refractivity contribution is 0.244. The molecule has 3 atom stereocenters. The van der Waals surface area contributed by atoms with Crippen molar-refractivity contribution in [2.45, 2.75) is 38.5 Å². The molecule has 2 N–H and O–H groups in total. The van der Waals surface area contributed by atoms with E-state index in [9.17, 15) is 4.39 Å². The average molecular weight is 265 g/mol. The molecule has 2 nitrogen and oxygen atoms in total. The molecule has 1 aromatic rings. The lowest BCUT2D eigenvalue weighted by Gasteiger charge is -2.33. The summed E-state index contributed by atoms with van der Waals surface area (Å²) in [6.07, 6.45) is 4.92. The van der Waals surface area contributed by atoms with Crippen LogP contribution in [0.5, 0.6) is 5.75 Å². The van der Waals surface area contributed by atoms with Crippen LogP contribution in [0, 0.1) is 17.7 Å². The number of ether oxygens (including phenoxy) is 1. The van der Waals surface area contributed by atoms with Crippen LogP contribution in [0.25, 0.3) is 0 Å². The fourth-order valence-corrected chi connectivity index (χ4v) is 3.41. The molecule has 106 valence electrons. The van der Waals surface area contributed by atoms with Gasteiger partial charge in [-0.1, -0.05) is 19.8 Å². The summed E-state index contributed by atoms with van der Waals surface area (Å²) in [7, 11) is 1.63. The minimum absolute atomic E-state index is 0.202. The number of benzene rings is 1. The molecule has 0 spiro atoms. The first-order valence-electron chi connectivity index (χ1n) is 7.19. The average Bonchev–Trinajstić information content (AvgIpc) is 2.40. The summed E-state index contributed by atoms with van der Waals surface area (Å²) in [5.41, 5.74) is 6.91. The van der Waals surface area contributed by atoms with Gasteiger partial charge in [-0.05, 0) is 49.4 Å². The molecular formula is C16H24FNO. The number of hydrogen-bond acceptors (Lipinski definition) is 2. The summed E-state index contributed by atoms with van der Waals surface area (Å²) < 4.78 is 18.9. The van der Waals surface area contributed by atoms with Gasteiger partial charge < -0.3 is 10.5 Å². The van der Waals surface area contributed by atoms with Crippen molar-refractivity contribution in [2.24, 2.45) is 17.6 Å². The Balaban J connectivity index is 2.27. The highest BCUT2D eigenvalue weighted by atomic mass is 19.1. The van der Waals surface area contributed by atoms with E-state index in [0.29, 0.717) is 12.5 Å². The molecule has 3 heteroatoms. The number of halogens is 1. The van der Waals surface area contributed by atoms with Crippen molar-refractivity contribution < 1.29 is 9.13 Å². The van der Waals surface area contributed by atoms with Crippen LogP contribution in [0.1, 0.15) is 44.1 Å². The van der Waals surface area contributed by atoms with Gasteiger partial charge in [0.2, 0.25) is 0 Å². The molecule has 1 fully saturated rings. The SMILES string of the molecule is COc1ccc(F)cc1C(CN)C1CCCC(C)C1. The van der Waals surface area contributed by atoms with E-state index >= 15 is 0 Å². The zero-order valence-electron chi connectivity index (χ0n) is 11.9. The van der Waals surface area contributed by atoms with Crippen molar-refractivity contribution in [3.8, 4) is 5.75 Å². The van der Waals surface area contributed by atoms with Gasteiger partial charge in [0, 0.05) is 11.5 Å². The first-order chi connectivity index (χ1) is 9.15. The Morgan fingerprint density at radius 2 is 2.21 bits per heavy atom. The predicted molar refractivity (Wildman–Crippen MR) is 75.9 cm³/mol. The summed E-state index contributed by atoms with van der Waals surface area (Å²) in [6.45, 7) is 2.85. The van der Waals surface area contributed by atoms with Gasteiger partial charge >= 0.3 is 0 Å². The molecule has 0 amide bonds. The fourth-order valence-electron chi connectivity index (χ4n) is 3.41. The van der Waals surface area contributed by atoms with Crippen LogP contribution in [-0.4, -0.2) is 13.7 Å². The molecule has 0 aliphatic heterocycles. The molecule has 3 unspecified atom stereocenters. The largest absolute Gasteiger partial charge is 0.496 e. The third-order valence-electron chi connectivity index (χ3n) is 4.39. The number of hydrogen-bond donors (Lipinski definition) is 1.